The van der Waals surface area contributed by atoms with Gasteiger partial charge in [0.1, 0.15) is 0 Å². The number of nitrogens with zero attached hydrogens (tertiary/aromatic N) is 2. The fourth-order valence-corrected chi connectivity index (χ4v) is 1.31. The summed E-state index contributed by atoms with van der Waals surface area (Å²) in [7, 11) is 0. The van der Waals surface area contributed by atoms with Crippen LogP contribution in [0.1, 0.15) is 12.8 Å². The maximum atomic E-state index is 10.8. The highest BCUT2D eigenvalue weighted by molar-refractivity contribution is 9.09. The molecular weight excluding hydrogens is 246 g/mol. The van der Waals surface area contributed by atoms with Gasteiger partial charge in [-0.15, -0.1) is 0 Å². The van der Waals surface area contributed by atoms with Gasteiger partial charge in [-0.1, -0.05) is 15.9 Å². The molecular formula is C9H14BrN3O. The maximum Gasteiger partial charge on any atom is 0.230 e. The van der Waals surface area contributed by atoms with Gasteiger partial charge >= 0.3 is 0 Å². The summed E-state index contributed by atoms with van der Waals surface area (Å²) < 4.78 is 2.03. The number of imidazole rings is 1. The van der Waals surface area contributed by atoms with Gasteiger partial charge in [0.05, 0.1) is 11.7 Å². The Morgan fingerprint density at radius 2 is 2.36 bits per heavy atom. The van der Waals surface area contributed by atoms with Crippen LogP contribution in [0.2, 0.25) is 0 Å². The number of hydrogen-bond donors (Lipinski definition) is 1. The van der Waals surface area contributed by atoms with Crippen molar-refractivity contribution < 1.29 is 4.79 Å². The van der Waals surface area contributed by atoms with Crippen molar-refractivity contribution in [1.29, 1.82) is 0 Å². The van der Waals surface area contributed by atoms with Gasteiger partial charge in [-0.2, -0.15) is 0 Å². The van der Waals surface area contributed by atoms with Crippen molar-refractivity contribution in [2.24, 2.45) is 0 Å². The van der Waals surface area contributed by atoms with Crippen LogP contribution in [0.4, 0.5) is 0 Å². The number of carbonyl (C=O) groups excluding carboxylic acids is 1. The molecule has 1 aromatic heterocycles. The third-order valence-corrected chi connectivity index (χ3v) is 2.36. The second-order valence-corrected chi connectivity index (χ2v) is 3.55. The van der Waals surface area contributed by atoms with Gasteiger partial charge in [0.2, 0.25) is 5.91 Å². The molecule has 1 N–H and O–H groups in total. The van der Waals surface area contributed by atoms with E-state index in [1.165, 1.54) is 0 Å². The van der Waals surface area contributed by atoms with Crippen LogP contribution in [0.3, 0.4) is 0 Å². The van der Waals surface area contributed by atoms with Crippen molar-refractivity contribution in [2.75, 3.05) is 11.9 Å². The summed E-state index contributed by atoms with van der Waals surface area (Å²) in [6.07, 6.45) is 7.57. The van der Waals surface area contributed by atoms with Crippen LogP contribution in [0.15, 0.2) is 18.7 Å². The summed E-state index contributed by atoms with van der Waals surface area (Å²) >= 11 is 3.09. The molecule has 0 radical (unpaired) electrons. The molecule has 78 valence electrons. The summed E-state index contributed by atoms with van der Waals surface area (Å²) in [5.41, 5.74) is 0. The molecule has 0 fully saturated rings. The number of aromatic nitrogens is 2. The maximum absolute atomic E-state index is 10.8. The molecule has 0 aliphatic rings. The van der Waals surface area contributed by atoms with Gasteiger partial charge < -0.3 is 9.88 Å². The van der Waals surface area contributed by atoms with Gasteiger partial charge in [0.15, 0.2) is 0 Å². The minimum Gasteiger partial charge on any atom is -0.355 e. The number of nitrogens with one attached hydrogen (secondary N) is 1. The van der Waals surface area contributed by atoms with Crippen LogP contribution in [-0.2, 0) is 11.3 Å². The molecule has 1 aromatic rings. The third-order valence-electron chi connectivity index (χ3n) is 1.85. The van der Waals surface area contributed by atoms with Gasteiger partial charge in [0.25, 0.3) is 0 Å². The van der Waals surface area contributed by atoms with E-state index < -0.39 is 0 Å². The van der Waals surface area contributed by atoms with E-state index in [-0.39, 0.29) is 5.91 Å². The lowest BCUT2D eigenvalue weighted by molar-refractivity contribution is -0.118. The predicted molar refractivity (Wildman–Crippen MR) is 58.3 cm³/mol. The summed E-state index contributed by atoms with van der Waals surface area (Å²) in [5.74, 6) is 0.0487. The van der Waals surface area contributed by atoms with E-state index in [0.717, 1.165) is 25.9 Å². The van der Waals surface area contributed by atoms with E-state index in [1.807, 2.05) is 10.8 Å². The quantitative estimate of drug-likeness (QED) is 0.616. The van der Waals surface area contributed by atoms with Crippen molar-refractivity contribution in [3.8, 4) is 0 Å². The zero-order chi connectivity index (χ0) is 10.2. The van der Waals surface area contributed by atoms with Crippen LogP contribution in [-0.4, -0.2) is 27.3 Å². The summed E-state index contributed by atoms with van der Waals surface area (Å²) in [5, 5.41) is 3.19. The first-order chi connectivity index (χ1) is 6.83. The molecule has 14 heavy (non-hydrogen) atoms. The number of amides is 1. The molecule has 5 heteroatoms. The number of rotatable bonds is 6. The first kappa shape index (κ1) is 11.2. The van der Waals surface area contributed by atoms with Crippen LogP contribution < -0.4 is 5.32 Å². The highest BCUT2D eigenvalue weighted by Gasteiger charge is 1.96. The Morgan fingerprint density at radius 3 is 3.00 bits per heavy atom. The zero-order valence-corrected chi connectivity index (χ0v) is 9.53. The highest BCUT2D eigenvalue weighted by Crippen LogP contribution is 1.94. The Bertz CT molecular complexity index is 261. The smallest absolute Gasteiger partial charge is 0.230 e. The highest BCUT2D eigenvalue weighted by atomic mass is 79.9. The molecule has 0 aliphatic heterocycles. The van der Waals surface area contributed by atoms with Crippen LogP contribution in [0.25, 0.3) is 0 Å². The summed E-state index contributed by atoms with van der Waals surface area (Å²) in [6, 6.07) is 0. The summed E-state index contributed by atoms with van der Waals surface area (Å²) in [6.45, 7) is 1.71. The molecule has 0 unspecified atom stereocenters. The number of carbonyl (C=O) groups is 1. The average Bonchev–Trinajstić information content (AvgIpc) is 2.69. The van der Waals surface area contributed by atoms with Crippen molar-refractivity contribution >= 4 is 21.8 Å². The number of unbranched alkanes of at least 4 members (excludes halogenated alkanes) is 1. The van der Waals surface area contributed by atoms with E-state index in [2.05, 4.69) is 26.2 Å². The Balaban J connectivity index is 1.97. The van der Waals surface area contributed by atoms with Crippen LogP contribution in [0.5, 0.6) is 0 Å². The van der Waals surface area contributed by atoms with Gasteiger partial charge in [-0.25, -0.2) is 4.98 Å². The number of aryl methyl sites for hydroxylation is 1. The molecule has 0 aromatic carbocycles. The standard InChI is InChI=1S/C9H14BrN3O/c10-7-9(14)12-3-1-2-5-13-6-4-11-8-13/h4,6,8H,1-3,5,7H2,(H,12,14). The molecule has 0 bridgehead atoms. The molecule has 0 saturated carbocycles. The monoisotopic (exact) mass is 259 g/mol. The number of halogens is 1. The Labute approximate surface area is 91.8 Å². The fraction of sp³-hybridized carbons (Fsp3) is 0.556. The molecule has 1 amide bonds. The first-order valence-electron chi connectivity index (χ1n) is 4.61. The van der Waals surface area contributed by atoms with E-state index >= 15 is 0 Å². The Morgan fingerprint density at radius 1 is 1.50 bits per heavy atom. The normalized spacial score (nSPS) is 10.1. The second kappa shape index (κ2) is 6.59. The lowest BCUT2D eigenvalue weighted by Crippen LogP contribution is -2.25. The Hall–Kier alpha value is -0.840. The third kappa shape index (κ3) is 4.41. The SMILES string of the molecule is O=C(CBr)NCCCCn1ccnc1. The second-order valence-electron chi connectivity index (χ2n) is 2.99. The van der Waals surface area contributed by atoms with Crippen LogP contribution >= 0.6 is 15.9 Å². The van der Waals surface area contributed by atoms with Crippen molar-refractivity contribution in [1.82, 2.24) is 14.9 Å². The largest absolute Gasteiger partial charge is 0.355 e. The molecule has 0 spiro atoms. The minimum absolute atomic E-state index is 0.0487. The zero-order valence-electron chi connectivity index (χ0n) is 7.95. The molecule has 1 rings (SSSR count). The minimum atomic E-state index is 0.0487. The van der Waals surface area contributed by atoms with Crippen molar-refractivity contribution in [3.05, 3.63) is 18.7 Å². The van der Waals surface area contributed by atoms with E-state index in [4.69, 9.17) is 0 Å². The molecule has 4 nitrogen and oxygen atoms in total. The first-order valence-corrected chi connectivity index (χ1v) is 5.73. The van der Waals surface area contributed by atoms with Gasteiger partial charge in [-0.3, -0.25) is 4.79 Å². The van der Waals surface area contributed by atoms with E-state index in [0.29, 0.717) is 5.33 Å². The van der Waals surface area contributed by atoms with Gasteiger partial charge in [-0.05, 0) is 12.8 Å². The lowest BCUT2D eigenvalue weighted by Gasteiger charge is -2.03. The number of hydrogen-bond acceptors (Lipinski definition) is 2. The van der Waals surface area contributed by atoms with Gasteiger partial charge in [0, 0.05) is 25.5 Å². The van der Waals surface area contributed by atoms with E-state index in [1.54, 1.807) is 12.5 Å². The van der Waals surface area contributed by atoms with Crippen molar-refractivity contribution in [3.63, 3.8) is 0 Å². The lowest BCUT2D eigenvalue weighted by atomic mass is 10.3. The van der Waals surface area contributed by atoms with E-state index in [9.17, 15) is 4.79 Å². The molecule has 0 saturated heterocycles. The fourth-order valence-electron chi connectivity index (χ4n) is 1.11. The predicted octanol–water partition coefficient (Wildman–Crippen LogP) is 1.17. The van der Waals surface area contributed by atoms with Crippen molar-refractivity contribution in [2.45, 2.75) is 19.4 Å². The summed E-state index contributed by atoms with van der Waals surface area (Å²) in [4.78, 5) is 14.8. The van der Waals surface area contributed by atoms with Crippen LogP contribution in [0, 0.1) is 0 Å². The molecule has 0 atom stereocenters. The number of alkyl halides is 1. The topological polar surface area (TPSA) is 46.9 Å². The molecule has 0 aliphatic carbocycles. The Kier molecular flexibility index (Phi) is 5.29. The molecule has 1 heterocycles. The average molecular weight is 260 g/mol.